The van der Waals surface area contributed by atoms with Crippen LogP contribution in [0, 0.1) is 5.92 Å². The molecule has 0 bridgehead atoms. The molecule has 0 unspecified atom stereocenters. The topological polar surface area (TPSA) is 102 Å². The maximum absolute atomic E-state index is 12.0. The minimum atomic E-state index is -1.14. The molecule has 1 heterocycles. The Labute approximate surface area is 127 Å². The van der Waals surface area contributed by atoms with E-state index in [0.717, 1.165) is 0 Å². The van der Waals surface area contributed by atoms with Gasteiger partial charge < -0.3 is 14.8 Å². The molecule has 8 heteroatoms. The Morgan fingerprint density at radius 1 is 1.23 bits per heavy atom. The summed E-state index contributed by atoms with van der Waals surface area (Å²) in [4.78, 5) is 31.2. The third-order valence-corrected chi connectivity index (χ3v) is 3.03. The molecule has 0 fully saturated rings. The molecule has 1 aromatic heterocycles. The lowest BCUT2D eigenvalue weighted by molar-refractivity contribution is -0.142. The lowest BCUT2D eigenvalue weighted by atomic mass is 9.98. The zero-order valence-electron chi connectivity index (χ0n) is 12.1. The molecule has 1 aromatic rings. The smallest absolute Gasteiger partial charge is 0.323 e. The molecule has 2 rings (SSSR count). The second kappa shape index (κ2) is 6.81. The van der Waals surface area contributed by atoms with Gasteiger partial charge >= 0.3 is 12.0 Å². The summed E-state index contributed by atoms with van der Waals surface area (Å²) < 4.78 is 9.97. The van der Waals surface area contributed by atoms with Crippen molar-refractivity contribution in [3.8, 4) is 0 Å². The number of urea groups is 1. The van der Waals surface area contributed by atoms with Crippen molar-refractivity contribution in [2.75, 3.05) is 19.5 Å². The number of methoxy groups -OCH3 is 2. The van der Waals surface area contributed by atoms with Crippen LogP contribution in [0.2, 0.25) is 0 Å². The van der Waals surface area contributed by atoms with Crippen molar-refractivity contribution in [1.82, 2.24) is 15.3 Å². The molecule has 1 aliphatic rings. The van der Waals surface area contributed by atoms with Crippen LogP contribution in [0.15, 0.2) is 42.9 Å². The summed E-state index contributed by atoms with van der Waals surface area (Å²) in [5, 5.41) is 5.17. The number of aromatic nitrogens is 2. The van der Waals surface area contributed by atoms with Gasteiger partial charge in [-0.15, -0.1) is 0 Å². The number of esters is 1. The number of hydrogen-bond acceptors (Lipinski definition) is 6. The first-order valence-electron chi connectivity index (χ1n) is 6.45. The number of carbonyl (C=O) groups is 2. The van der Waals surface area contributed by atoms with Crippen molar-refractivity contribution >= 4 is 17.8 Å². The molecule has 0 aliphatic heterocycles. The van der Waals surface area contributed by atoms with Gasteiger partial charge in [-0.05, 0) is 12.2 Å². The van der Waals surface area contributed by atoms with E-state index in [0.29, 0.717) is 5.82 Å². The second-order valence-corrected chi connectivity index (χ2v) is 4.43. The molecule has 0 atom stereocenters. The number of carbonyl (C=O) groups excluding carboxylic acids is 2. The van der Waals surface area contributed by atoms with Crippen LogP contribution in [-0.4, -0.2) is 41.9 Å². The first-order chi connectivity index (χ1) is 10.6. The summed E-state index contributed by atoms with van der Waals surface area (Å²) in [5.74, 6) is -0.582. The largest absolute Gasteiger partial charge is 0.468 e. The third-order valence-electron chi connectivity index (χ3n) is 3.03. The summed E-state index contributed by atoms with van der Waals surface area (Å²) in [6.45, 7) is 0. The normalized spacial score (nSPS) is 22.9. The molecule has 0 saturated carbocycles. The van der Waals surface area contributed by atoms with Gasteiger partial charge in [0.05, 0.1) is 19.2 Å². The van der Waals surface area contributed by atoms with Gasteiger partial charge in [-0.3, -0.25) is 15.1 Å². The number of anilines is 1. The Morgan fingerprint density at radius 2 is 1.95 bits per heavy atom. The van der Waals surface area contributed by atoms with E-state index >= 15 is 0 Å². The van der Waals surface area contributed by atoms with Crippen LogP contribution in [0.5, 0.6) is 0 Å². The van der Waals surface area contributed by atoms with Gasteiger partial charge in [-0.2, -0.15) is 0 Å². The van der Waals surface area contributed by atoms with Gasteiger partial charge in [0.1, 0.15) is 0 Å². The molecule has 116 valence electrons. The highest BCUT2D eigenvalue weighted by atomic mass is 16.5. The highest BCUT2D eigenvalue weighted by Gasteiger charge is 2.30. The molecule has 0 saturated heterocycles. The quantitative estimate of drug-likeness (QED) is 0.486. The number of nitrogens with one attached hydrogen (secondary N) is 2. The third kappa shape index (κ3) is 3.67. The maximum atomic E-state index is 12.0. The predicted molar refractivity (Wildman–Crippen MR) is 77.7 cm³/mol. The predicted octanol–water partition coefficient (Wildman–Crippen LogP) is 0.856. The molecule has 0 spiro atoms. The summed E-state index contributed by atoms with van der Waals surface area (Å²) in [6.07, 6.45) is 10.7. The van der Waals surface area contributed by atoms with Crippen molar-refractivity contribution in [2.24, 2.45) is 5.92 Å². The van der Waals surface area contributed by atoms with E-state index < -0.39 is 17.7 Å². The SMILES string of the molecule is COC(=O)C1C=CC(NC(=O)Nc2cnccn2)(OC)C=C1. The van der Waals surface area contributed by atoms with Crippen LogP contribution in [0.3, 0.4) is 0 Å². The lowest BCUT2D eigenvalue weighted by Crippen LogP contribution is -2.50. The number of nitrogens with zero attached hydrogens (tertiary/aromatic N) is 2. The molecular weight excluding hydrogens is 288 g/mol. The number of amides is 2. The zero-order chi connectivity index (χ0) is 16.0. The molecule has 1 aliphatic carbocycles. The monoisotopic (exact) mass is 304 g/mol. The Bertz CT molecular complexity index is 586. The van der Waals surface area contributed by atoms with Gasteiger partial charge in [0.2, 0.25) is 0 Å². The number of ether oxygens (including phenoxy) is 2. The van der Waals surface area contributed by atoms with E-state index in [9.17, 15) is 9.59 Å². The molecule has 0 radical (unpaired) electrons. The summed E-state index contributed by atoms with van der Waals surface area (Å²) >= 11 is 0. The van der Waals surface area contributed by atoms with Gasteiger partial charge in [-0.1, -0.05) is 12.2 Å². The van der Waals surface area contributed by atoms with Crippen LogP contribution in [0.1, 0.15) is 0 Å². The Morgan fingerprint density at radius 3 is 2.50 bits per heavy atom. The Kier molecular flexibility index (Phi) is 4.84. The molecular formula is C14H16N4O4. The maximum Gasteiger partial charge on any atom is 0.323 e. The summed E-state index contributed by atoms with van der Waals surface area (Å²) in [7, 11) is 2.75. The Hall–Kier alpha value is -2.74. The van der Waals surface area contributed by atoms with Gasteiger partial charge in [0.15, 0.2) is 11.5 Å². The van der Waals surface area contributed by atoms with Crippen molar-refractivity contribution in [3.05, 3.63) is 42.9 Å². The lowest BCUT2D eigenvalue weighted by Gasteiger charge is -2.30. The van der Waals surface area contributed by atoms with Crippen LogP contribution in [-0.2, 0) is 14.3 Å². The van der Waals surface area contributed by atoms with Crippen LogP contribution in [0.4, 0.5) is 10.6 Å². The van der Waals surface area contributed by atoms with Crippen LogP contribution in [0.25, 0.3) is 0 Å². The number of rotatable bonds is 4. The molecule has 0 aromatic carbocycles. The Balaban J connectivity index is 2.02. The van der Waals surface area contributed by atoms with Crippen molar-refractivity contribution in [2.45, 2.75) is 5.72 Å². The molecule has 2 amide bonds. The van der Waals surface area contributed by atoms with E-state index in [1.807, 2.05) is 0 Å². The molecule has 22 heavy (non-hydrogen) atoms. The van der Waals surface area contributed by atoms with Crippen molar-refractivity contribution in [1.29, 1.82) is 0 Å². The average Bonchev–Trinajstić information content (AvgIpc) is 2.55. The fourth-order valence-corrected chi connectivity index (χ4v) is 1.87. The van der Waals surface area contributed by atoms with Crippen molar-refractivity contribution < 1.29 is 19.1 Å². The number of hydrogen-bond donors (Lipinski definition) is 2. The van der Waals surface area contributed by atoms with E-state index in [1.165, 1.54) is 32.8 Å². The fraction of sp³-hybridized carbons (Fsp3) is 0.286. The van der Waals surface area contributed by atoms with E-state index in [1.54, 1.807) is 24.3 Å². The fourth-order valence-electron chi connectivity index (χ4n) is 1.87. The minimum Gasteiger partial charge on any atom is -0.468 e. The molecule has 2 N–H and O–H groups in total. The van der Waals surface area contributed by atoms with E-state index in [-0.39, 0.29) is 5.97 Å². The van der Waals surface area contributed by atoms with Gasteiger partial charge in [0, 0.05) is 19.5 Å². The first-order valence-corrected chi connectivity index (χ1v) is 6.45. The van der Waals surface area contributed by atoms with E-state index in [4.69, 9.17) is 4.74 Å². The summed E-state index contributed by atoms with van der Waals surface area (Å²) in [6, 6.07) is -0.520. The first kappa shape index (κ1) is 15.6. The van der Waals surface area contributed by atoms with Crippen LogP contribution < -0.4 is 10.6 Å². The van der Waals surface area contributed by atoms with Gasteiger partial charge in [0.25, 0.3) is 0 Å². The average molecular weight is 304 g/mol. The van der Waals surface area contributed by atoms with Gasteiger partial charge in [-0.25, -0.2) is 9.78 Å². The van der Waals surface area contributed by atoms with Crippen LogP contribution >= 0.6 is 0 Å². The highest BCUT2D eigenvalue weighted by Crippen LogP contribution is 2.20. The zero-order valence-corrected chi connectivity index (χ0v) is 12.1. The second-order valence-electron chi connectivity index (χ2n) is 4.43. The molecule has 8 nitrogen and oxygen atoms in total. The highest BCUT2D eigenvalue weighted by molar-refractivity contribution is 5.89. The van der Waals surface area contributed by atoms with E-state index in [2.05, 4.69) is 25.3 Å². The summed E-state index contributed by atoms with van der Waals surface area (Å²) in [5.41, 5.74) is -1.14. The standard InChI is InChI=1S/C14H16N4O4/c1-21-12(19)10-3-5-14(22-2,6-4-10)18-13(20)17-11-9-15-7-8-16-11/h3-10H,1-2H3,(H2,16,17,18,20). The minimum absolute atomic E-state index is 0.308. The van der Waals surface area contributed by atoms with Crippen molar-refractivity contribution in [3.63, 3.8) is 0 Å².